The van der Waals surface area contributed by atoms with Crippen LogP contribution in [0.1, 0.15) is 37.7 Å². The molecule has 0 saturated heterocycles. The van der Waals surface area contributed by atoms with Gasteiger partial charge in [-0.2, -0.15) is 0 Å². The quantitative estimate of drug-likeness (QED) is 0.691. The number of hydrogen-bond donors (Lipinski definition) is 3. The van der Waals surface area contributed by atoms with E-state index in [1.54, 1.807) is 18.2 Å². The Labute approximate surface area is 125 Å². The van der Waals surface area contributed by atoms with Gasteiger partial charge in [0.25, 0.3) is 5.91 Å². The van der Waals surface area contributed by atoms with Crippen molar-refractivity contribution in [2.24, 2.45) is 5.92 Å². The summed E-state index contributed by atoms with van der Waals surface area (Å²) in [6.45, 7) is 6.09. The first kappa shape index (κ1) is 17.1. The summed E-state index contributed by atoms with van der Waals surface area (Å²) in [6, 6.07) is 3.93. The smallest absolute Gasteiger partial charge is 0.270 e. The average Bonchev–Trinajstić information content (AvgIpc) is 2.44. The lowest BCUT2D eigenvalue weighted by molar-refractivity contribution is -0.125. The van der Waals surface area contributed by atoms with Gasteiger partial charge in [0.2, 0.25) is 5.91 Å². The summed E-state index contributed by atoms with van der Waals surface area (Å²) in [5, 5.41) is 14.9. The first-order valence-corrected chi connectivity index (χ1v) is 7.09. The minimum atomic E-state index is -0.994. The molecule has 21 heavy (non-hydrogen) atoms. The molecule has 0 bridgehead atoms. The number of nitrogens with one attached hydrogen (secondary N) is 2. The number of aliphatic hydroxyl groups excluding tert-OH is 1. The van der Waals surface area contributed by atoms with E-state index in [0.717, 1.165) is 6.42 Å². The maximum atomic E-state index is 12.0. The SMILES string of the molecule is CC(C)CCNC(=O)[C@@H](NC(=O)c1ccccn1)[C@@H](C)O. The van der Waals surface area contributed by atoms with E-state index in [9.17, 15) is 14.7 Å². The van der Waals surface area contributed by atoms with Crippen LogP contribution in [0.15, 0.2) is 24.4 Å². The molecule has 0 aliphatic rings. The molecule has 0 spiro atoms. The second kappa shape index (κ2) is 8.36. The lowest BCUT2D eigenvalue weighted by atomic mass is 10.1. The van der Waals surface area contributed by atoms with E-state index in [0.29, 0.717) is 12.5 Å². The third kappa shape index (κ3) is 5.91. The number of aromatic nitrogens is 1. The highest BCUT2D eigenvalue weighted by Crippen LogP contribution is 2.00. The summed E-state index contributed by atoms with van der Waals surface area (Å²) in [6.07, 6.45) is 1.35. The van der Waals surface area contributed by atoms with Gasteiger partial charge < -0.3 is 15.7 Å². The number of pyridine rings is 1. The number of aliphatic hydroxyl groups is 1. The Morgan fingerprint density at radius 1 is 1.29 bits per heavy atom. The van der Waals surface area contributed by atoms with Crippen LogP contribution >= 0.6 is 0 Å². The van der Waals surface area contributed by atoms with Crippen LogP contribution in [-0.2, 0) is 4.79 Å². The van der Waals surface area contributed by atoms with Crippen LogP contribution in [0.2, 0.25) is 0 Å². The molecule has 0 fully saturated rings. The number of carbonyl (C=O) groups excluding carboxylic acids is 2. The molecule has 0 unspecified atom stereocenters. The van der Waals surface area contributed by atoms with Gasteiger partial charge in [0, 0.05) is 12.7 Å². The fourth-order valence-electron chi connectivity index (χ4n) is 1.71. The molecule has 6 nitrogen and oxygen atoms in total. The van der Waals surface area contributed by atoms with Crippen LogP contribution in [0.25, 0.3) is 0 Å². The molecule has 2 atom stereocenters. The van der Waals surface area contributed by atoms with Crippen molar-refractivity contribution in [3.05, 3.63) is 30.1 Å². The molecule has 0 radical (unpaired) electrons. The maximum Gasteiger partial charge on any atom is 0.270 e. The first-order chi connectivity index (χ1) is 9.91. The monoisotopic (exact) mass is 293 g/mol. The van der Waals surface area contributed by atoms with Gasteiger partial charge >= 0.3 is 0 Å². The van der Waals surface area contributed by atoms with E-state index < -0.39 is 24.0 Å². The zero-order valence-electron chi connectivity index (χ0n) is 12.7. The molecule has 3 N–H and O–H groups in total. The second-order valence-electron chi connectivity index (χ2n) is 5.38. The fraction of sp³-hybridized carbons (Fsp3) is 0.533. The van der Waals surface area contributed by atoms with Gasteiger partial charge in [-0.1, -0.05) is 19.9 Å². The largest absolute Gasteiger partial charge is 0.391 e. The molecule has 1 aromatic rings. The third-order valence-electron chi connectivity index (χ3n) is 2.97. The molecule has 116 valence electrons. The molecule has 6 heteroatoms. The van der Waals surface area contributed by atoms with Crippen molar-refractivity contribution in [3.8, 4) is 0 Å². The molecule has 2 amide bonds. The van der Waals surface area contributed by atoms with Crippen molar-refractivity contribution in [3.63, 3.8) is 0 Å². The van der Waals surface area contributed by atoms with Crippen molar-refractivity contribution in [2.75, 3.05) is 6.54 Å². The zero-order valence-corrected chi connectivity index (χ0v) is 12.7. The van der Waals surface area contributed by atoms with Crippen molar-refractivity contribution in [2.45, 2.75) is 39.3 Å². The van der Waals surface area contributed by atoms with Crippen molar-refractivity contribution in [1.82, 2.24) is 15.6 Å². The molecule has 0 aliphatic carbocycles. The predicted molar refractivity (Wildman–Crippen MR) is 79.6 cm³/mol. The highest BCUT2D eigenvalue weighted by atomic mass is 16.3. The van der Waals surface area contributed by atoms with E-state index >= 15 is 0 Å². The van der Waals surface area contributed by atoms with E-state index in [2.05, 4.69) is 29.5 Å². The Hall–Kier alpha value is -1.95. The number of carbonyl (C=O) groups is 2. The summed E-state index contributed by atoms with van der Waals surface area (Å²) in [7, 11) is 0. The van der Waals surface area contributed by atoms with Crippen LogP contribution < -0.4 is 10.6 Å². The Bertz CT molecular complexity index is 460. The highest BCUT2D eigenvalue weighted by Gasteiger charge is 2.26. The van der Waals surface area contributed by atoms with Crippen LogP contribution in [0, 0.1) is 5.92 Å². The average molecular weight is 293 g/mol. The van der Waals surface area contributed by atoms with E-state index in [4.69, 9.17) is 0 Å². The standard InChI is InChI=1S/C15H23N3O3/c1-10(2)7-9-17-15(21)13(11(3)19)18-14(20)12-6-4-5-8-16-12/h4-6,8,10-11,13,19H,7,9H2,1-3H3,(H,17,21)(H,18,20)/t11-,13+/m1/s1. The van der Waals surface area contributed by atoms with Crippen LogP contribution in [0.4, 0.5) is 0 Å². The molecular formula is C15H23N3O3. The molecule has 1 aromatic heterocycles. The first-order valence-electron chi connectivity index (χ1n) is 7.09. The summed E-state index contributed by atoms with van der Waals surface area (Å²) in [4.78, 5) is 27.9. The highest BCUT2D eigenvalue weighted by molar-refractivity contribution is 5.96. The van der Waals surface area contributed by atoms with Crippen LogP contribution in [0.5, 0.6) is 0 Å². The molecule has 0 saturated carbocycles. The molecular weight excluding hydrogens is 270 g/mol. The lowest BCUT2D eigenvalue weighted by Gasteiger charge is -2.21. The van der Waals surface area contributed by atoms with Gasteiger partial charge in [0.05, 0.1) is 6.10 Å². The van der Waals surface area contributed by atoms with E-state index in [1.807, 2.05) is 0 Å². The number of rotatable bonds is 7. The maximum absolute atomic E-state index is 12.0. The number of nitrogens with zero attached hydrogens (tertiary/aromatic N) is 1. The van der Waals surface area contributed by atoms with Crippen LogP contribution in [0.3, 0.4) is 0 Å². The van der Waals surface area contributed by atoms with Gasteiger partial charge in [0.1, 0.15) is 11.7 Å². The summed E-state index contributed by atoms with van der Waals surface area (Å²) in [5.74, 6) is -0.408. The van der Waals surface area contributed by atoms with Crippen molar-refractivity contribution in [1.29, 1.82) is 0 Å². The molecule has 0 aromatic carbocycles. The Morgan fingerprint density at radius 2 is 2.00 bits per heavy atom. The van der Waals surface area contributed by atoms with Crippen LogP contribution in [-0.4, -0.2) is 40.6 Å². The molecule has 1 heterocycles. The molecule has 1 rings (SSSR count). The zero-order chi connectivity index (χ0) is 15.8. The predicted octanol–water partition coefficient (Wildman–Crippen LogP) is 0.723. The normalized spacial score (nSPS) is 13.6. The summed E-state index contributed by atoms with van der Waals surface area (Å²) in [5.41, 5.74) is 0.207. The number of hydrogen-bond acceptors (Lipinski definition) is 4. The topological polar surface area (TPSA) is 91.3 Å². The lowest BCUT2D eigenvalue weighted by Crippen LogP contribution is -2.52. The Morgan fingerprint density at radius 3 is 2.52 bits per heavy atom. The van der Waals surface area contributed by atoms with Crippen molar-refractivity contribution >= 4 is 11.8 Å². The second-order valence-corrected chi connectivity index (χ2v) is 5.38. The van der Waals surface area contributed by atoms with Gasteiger partial charge in [-0.05, 0) is 31.4 Å². The number of amides is 2. The van der Waals surface area contributed by atoms with Gasteiger partial charge in [-0.15, -0.1) is 0 Å². The van der Waals surface area contributed by atoms with E-state index in [-0.39, 0.29) is 5.69 Å². The minimum Gasteiger partial charge on any atom is -0.391 e. The fourth-order valence-corrected chi connectivity index (χ4v) is 1.71. The minimum absolute atomic E-state index is 0.207. The van der Waals surface area contributed by atoms with Gasteiger partial charge in [0.15, 0.2) is 0 Å². The summed E-state index contributed by atoms with van der Waals surface area (Å²) >= 11 is 0. The Balaban J connectivity index is 2.61. The third-order valence-corrected chi connectivity index (χ3v) is 2.97. The van der Waals surface area contributed by atoms with E-state index in [1.165, 1.54) is 13.1 Å². The molecule has 0 aliphatic heterocycles. The Kier molecular flexibility index (Phi) is 6.81. The summed E-state index contributed by atoms with van der Waals surface area (Å²) < 4.78 is 0. The van der Waals surface area contributed by atoms with Gasteiger partial charge in [-0.3, -0.25) is 14.6 Å². The van der Waals surface area contributed by atoms with Crippen molar-refractivity contribution < 1.29 is 14.7 Å². The van der Waals surface area contributed by atoms with Gasteiger partial charge in [-0.25, -0.2) is 0 Å².